The van der Waals surface area contributed by atoms with E-state index >= 15 is 0 Å². The molecule has 82 valence electrons. The van der Waals surface area contributed by atoms with Crippen molar-refractivity contribution >= 4 is 0 Å². The van der Waals surface area contributed by atoms with Gasteiger partial charge in [-0.1, -0.05) is 11.6 Å². The second-order valence-corrected chi connectivity index (χ2v) is 4.78. The first-order valence-electron chi connectivity index (χ1n) is 5.71. The highest BCUT2D eigenvalue weighted by Crippen LogP contribution is 2.19. The minimum Gasteiger partial charge on any atom is -0.328 e. The molecule has 1 heterocycles. The summed E-state index contributed by atoms with van der Waals surface area (Å²) in [4.78, 5) is 2.52. The van der Waals surface area contributed by atoms with Crippen LogP contribution in [-0.4, -0.2) is 30.6 Å². The number of allylic oxidation sites excluding steroid dienone is 1. The lowest BCUT2D eigenvalue weighted by molar-refractivity contribution is 0.186. The van der Waals surface area contributed by atoms with Gasteiger partial charge in [0.25, 0.3) is 0 Å². The van der Waals surface area contributed by atoms with Crippen molar-refractivity contribution in [3.8, 4) is 0 Å². The molecule has 1 rings (SSSR count). The Balaban J connectivity index is 2.25. The molecule has 2 N–H and O–H groups in total. The molecule has 1 aliphatic heterocycles. The van der Waals surface area contributed by atoms with Gasteiger partial charge in [-0.15, -0.1) is 0 Å². The van der Waals surface area contributed by atoms with E-state index in [1.807, 2.05) is 0 Å². The van der Waals surface area contributed by atoms with Crippen LogP contribution < -0.4 is 5.73 Å². The van der Waals surface area contributed by atoms with E-state index < -0.39 is 0 Å². The average Bonchev–Trinajstić information content (AvgIpc) is 2.15. The van der Waals surface area contributed by atoms with E-state index in [-0.39, 0.29) is 0 Å². The molecule has 1 fully saturated rings. The van der Waals surface area contributed by atoms with Crippen LogP contribution in [0.2, 0.25) is 0 Å². The zero-order valence-electron chi connectivity index (χ0n) is 9.79. The zero-order valence-corrected chi connectivity index (χ0v) is 9.79. The highest BCUT2D eigenvalue weighted by atomic mass is 15.1. The molecule has 2 nitrogen and oxygen atoms in total. The van der Waals surface area contributed by atoms with Gasteiger partial charge < -0.3 is 5.73 Å². The van der Waals surface area contributed by atoms with Crippen molar-refractivity contribution in [3.63, 3.8) is 0 Å². The Labute approximate surface area is 88.2 Å². The average molecular weight is 196 g/mol. The molecule has 1 aliphatic rings. The Morgan fingerprint density at radius 3 is 2.43 bits per heavy atom. The Bertz CT molecular complexity index is 184. The van der Waals surface area contributed by atoms with Gasteiger partial charge in [0.2, 0.25) is 0 Å². The Morgan fingerprint density at radius 1 is 1.43 bits per heavy atom. The summed E-state index contributed by atoms with van der Waals surface area (Å²) in [7, 11) is 0. The topological polar surface area (TPSA) is 29.3 Å². The molecule has 2 heteroatoms. The number of likely N-dealkylation sites (tertiary alicyclic amines) is 1. The van der Waals surface area contributed by atoms with Gasteiger partial charge in [-0.2, -0.15) is 0 Å². The summed E-state index contributed by atoms with van der Waals surface area (Å²) in [6.07, 6.45) is 4.86. The van der Waals surface area contributed by atoms with Gasteiger partial charge in [-0.05, 0) is 52.6 Å². The van der Waals surface area contributed by atoms with Gasteiger partial charge >= 0.3 is 0 Å². The first-order chi connectivity index (χ1) is 6.59. The van der Waals surface area contributed by atoms with Crippen LogP contribution >= 0.6 is 0 Å². The third-order valence-electron chi connectivity index (χ3n) is 3.13. The van der Waals surface area contributed by atoms with Crippen molar-refractivity contribution in [3.05, 3.63) is 11.6 Å². The van der Waals surface area contributed by atoms with E-state index in [1.165, 1.54) is 31.5 Å². The maximum atomic E-state index is 5.90. The molecule has 0 aromatic rings. The first kappa shape index (κ1) is 11.7. The van der Waals surface area contributed by atoms with Crippen molar-refractivity contribution in [2.75, 3.05) is 19.6 Å². The zero-order chi connectivity index (χ0) is 10.6. The summed E-state index contributed by atoms with van der Waals surface area (Å²) in [6.45, 7) is 10.0. The molecule has 0 saturated carbocycles. The molecule has 0 aromatic heterocycles. The second-order valence-electron chi connectivity index (χ2n) is 4.78. The number of rotatable bonds is 3. The van der Waals surface area contributed by atoms with Crippen LogP contribution in [0.5, 0.6) is 0 Å². The summed E-state index contributed by atoms with van der Waals surface area (Å²) >= 11 is 0. The first-order valence-corrected chi connectivity index (χ1v) is 5.71. The maximum absolute atomic E-state index is 5.90. The molecule has 1 saturated heterocycles. The van der Waals surface area contributed by atoms with Crippen molar-refractivity contribution in [1.29, 1.82) is 0 Å². The molecule has 0 radical (unpaired) electrons. The van der Waals surface area contributed by atoms with Crippen LogP contribution in [0.1, 0.15) is 33.6 Å². The monoisotopic (exact) mass is 196 g/mol. The van der Waals surface area contributed by atoms with Gasteiger partial charge in [-0.3, -0.25) is 4.90 Å². The van der Waals surface area contributed by atoms with Crippen molar-refractivity contribution in [2.24, 2.45) is 11.7 Å². The van der Waals surface area contributed by atoms with E-state index in [0.29, 0.717) is 6.04 Å². The van der Waals surface area contributed by atoms with E-state index in [4.69, 9.17) is 5.73 Å². The van der Waals surface area contributed by atoms with Crippen LogP contribution in [0, 0.1) is 5.92 Å². The van der Waals surface area contributed by atoms with Gasteiger partial charge in [0.1, 0.15) is 0 Å². The van der Waals surface area contributed by atoms with Crippen LogP contribution in [0.15, 0.2) is 11.6 Å². The van der Waals surface area contributed by atoms with Gasteiger partial charge in [0.05, 0.1) is 0 Å². The third kappa shape index (κ3) is 3.81. The fourth-order valence-corrected chi connectivity index (χ4v) is 1.97. The lowest BCUT2D eigenvalue weighted by Crippen LogP contribution is -2.39. The molecule has 0 aromatic carbocycles. The summed E-state index contributed by atoms with van der Waals surface area (Å²) in [5, 5.41) is 0. The number of hydrogen-bond acceptors (Lipinski definition) is 2. The number of hydrogen-bond donors (Lipinski definition) is 1. The molecule has 0 spiro atoms. The summed E-state index contributed by atoms with van der Waals surface area (Å²) in [5.74, 6) is 0.748. The molecular formula is C12H24N2. The van der Waals surface area contributed by atoms with E-state index in [9.17, 15) is 0 Å². The van der Waals surface area contributed by atoms with Crippen molar-refractivity contribution in [1.82, 2.24) is 4.90 Å². The molecular weight excluding hydrogens is 172 g/mol. The van der Waals surface area contributed by atoms with Crippen LogP contribution in [0.25, 0.3) is 0 Å². The lowest BCUT2D eigenvalue weighted by atomic mass is 9.91. The number of nitrogens with two attached hydrogens (primary N) is 1. The van der Waals surface area contributed by atoms with E-state index in [1.54, 1.807) is 0 Å². The molecule has 0 amide bonds. The fourth-order valence-electron chi connectivity index (χ4n) is 1.97. The van der Waals surface area contributed by atoms with Crippen molar-refractivity contribution in [2.45, 2.75) is 39.7 Å². The number of nitrogens with zero attached hydrogens (tertiary/aromatic N) is 1. The molecule has 14 heavy (non-hydrogen) atoms. The molecule has 1 atom stereocenters. The second kappa shape index (κ2) is 5.52. The van der Waals surface area contributed by atoms with Crippen LogP contribution in [-0.2, 0) is 0 Å². The van der Waals surface area contributed by atoms with Crippen LogP contribution in [0.3, 0.4) is 0 Å². The largest absolute Gasteiger partial charge is 0.328 e. The van der Waals surface area contributed by atoms with Gasteiger partial charge in [0.15, 0.2) is 0 Å². The predicted molar refractivity (Wildman–Crippen MR) is 62.2 cm³/mol. The maximum Gasteiger partial charge on any atom is 0.0165 e. The SMILES string of the molecule is CC(C)=CCN1CCC(C(C)N)CC1. The number of piperidine rings is 1. The van der Waals surface area contributed by atoms with E-state index in [2.05, 4.69) is 31.7 Å². The van der Waals surface area contributed by atoms with Crippen LogP contribution in [0.4, 0.5) is 0 Å². The predicted octanol–water partition coefficient (Wildman–Crippen LogP) is 2.01. The van der Waals surface area contributed by atoms with E-state index in [0.717, 1.165) is 12.5 Å². The highest BCUT2D eigenvalue weighted by Gasteiger charge is 2.20. The summed E-state index contributed by atoms with van der Waals surface area (Å²) in [6, 6.07) is 0.376. The smallest absolute Gasteiger partial charge is 0.0165 e. The molecule has 1 unspecified atom stereocenters. The summed E-state index contributed by atoms with van der Waals surface area (Å²) < 4.78 is 0. The Hall–Kier alpha value is -0.340. The van der Waals surface area contributed by atoms with Gasteiger partial charge in [-0.25, -0.2) is 0 Å². The summed E-state index contributed by atoms with van der Waals surface area (Å²) in [5.41, 5.74) is 7.32. The standard InChI is InChI=1S/C12H24N2/c1-10(2)4-7-14-8-5-12(6-9-14)11(3)13/h4,11-12H,5-9,13H2,1-3H3. The Kier molecular flexibility index (Phi) is 4.63. The minimum atomic E-state index is 0.376. The quantitative estimate of drug-likeness (QED) is 0.700. The third-order valence-corrected chi connectivity index (χ3v) is 3.13. The van der Waals surface area contributed by atoms with Gasteiger partial charge in [0, 0.05) is 12.6 Å². The Morgan fingerprint density at radius 2 is 2.00 bits per heavy atom. The molecule has 0 aliphatic carbocycles. The normalized spacial score (nSPS) is 22.0. The lowest BCUT2D eigenvalue weighted by Gasteiger charge is -2.33. The minimum absolute atomic E-state index is 0.376. The highest BCUT2D eigenvalue weighted by molar-refractivity contribution is 4.95. The van der Waals surface area contributed by atoms with Crippen molar-refractivity contribution < 1.29 is 0 Å². The molecule has 0 bridgehead atoms. The fraction of sp³-hybridized carbons (Fsp3) is 0.833.